The Bertz CT molecular complexity index is 6400. The van der Waals surface area contributed by atoms with Gasteiger partial charge in [-0.25, -0.2) is 13.6 Å². The third-order valence-corrected chi connectivity index (χ3v) is 21.0. The molecule has 9 heterocycles. The second kappa shape index (κ2) is 38.6. The number of halogens is 3. The van der Waals surface area contributed by atoms with Gasteiger partial charge in [-0.2, -0.15) is 0 Å². The van der Waals surface area contributed by atoms with Crippen LogP contribution in [0.25, 0.3) is 24.3 Å². The first-order valence-electron chi connectivity index (χ1n) is 40.9. The maximum absolute atomic E-state index is 13.0. The molecule has 0 unspecified atom stereocenters. The second-order valence-electron chi connectivity index (χ2n) is 30.7. The highest BCUT2D eigenvalue weighted by atomic mass is 32.2. The lowest BCUT2D eigenvalue weighted by molar-refractivity contribution is -0.274. The second-order valence-corrected chi connectivity index (χ2v) is 32.3. The van der Waals surface area contributed by atoms with E-state index in [1.165, 1.54) is 42.5 Å². The van der Waals surface area contributed by atoms with Crippen molar-refractivity contribution in [3.05, 3.63) is 343 Å². The number of rotatable bonds is 22. The average molecular weight is 1750 g/mol. The van der Waals surface area contributed by atoms with Crippen LogP contribution < -0.4 is 69.1 Å². The minimum absolute atomic E-state index is 0.0709. The van der Waals surface area contributed by atoms with Crippen LogP contribution >= 0.6 is 0 Å². The van der Waals surface area contributed by atoms with Crippen molar-refractivity contribution in [1.29, 1.82) is 0 Å². The molecule has 8 aromatic carbocycles. The van der Waals surface area contributed by atoms with Crippen molar-refractivity contribution in [1.82, 2.24) is 24.8 Å². The smallest absolute Gasteiger partial charge is 0.497 e. The minimum atomic E-state index is -4.78. The van der Waals surface area contributed by atoms with Crippen molar-refractivity contribution in [3.63, 3.8) is 0 Å². The van der Waals surface area contributed by atoms with Gasteiger partial charge in [-0.1, -0.05) is 62.7 Å². The third kappa shape index (κ3) is 21.8. The van der Waals surface area contributed by atoms with Gasteiger partial charge in [0, 0.05) is 110 Å². The number of sulfonamides is 1. The van der Waals surface area contributed by atoms with Crippen LogP contribution in [-0.2, 0) is 10.0 Å². The molecule has 5 aliphatic rings. The van der Waals surface area contributed by atoms with E-state index >= 15 is 0 Å². The number of primary sulfonamides is 1. The lowest BCUT2D eigenvalue weighted by Crippen LogP contribution is -2.28. The number of carbonyl (C=O) groups excluding carboxylic acids is 4. The molecule has 0 bridgehead atoms. The van der Waals surface area contributed by atoms with Crippen LogP contribution in [-0.4, -0.2) is 102 Å². The number of methoxy groups -OCH3 is 1. The molecule has 0 radical (unpaired) electrons. The number of amides is 4. The predicted octanol–water partition coefficient (Wildman–Crippen LogP) is 22.5. The van der Waals surface area contributed by atoms with Crippen LogP contribution in [0.2, 0.25) is 0 Å². The predicted molar refractivity (Wildman–Crippen MR) is 497 cm³/mol. The zero-order chi connectivity index (χ0) is 90.7. The first-order chi connectivity index (χ1) is 61.3. The molecule has 1 saturated heterocycles. The fourth-order valence-electron chi connectivity index (χ4n) is 14.4. The zero-order valence-corrected chi connectivity index (χ0v) is 71.9. The van der Waals surface area contributed by atoms with E-state index in [0.717, 1.165) is 106 Å². The topological polar surface area (TPSA) is 299 Å². The molecule has 0 saturated carbocycles. The molecule has 0 aliphatic carbocycles. The number of aromatic amines is 4. The molecule has 5 aliphatic heterocycles. The number of fused-ring (bicyclic) bond motifs is 4. The summed E-state index contributed by atoms with van der Waals surface area (Å²) in [4.78, 5) is 73.8. The highest BCUT2D eigenvalue weighted by Crippen LogP contribution is 2.44. The van der Waals surface area contributed by atoms with Gasteiger partial charge in [0.2, 0.25) is 10.0 Å². The molecule has 9 N–H and O–H groups in total. The lowest BCUT2D eigenvalue weighted by atomic mass is 10.1. The highest BCUT2D eigenvalue weighted by molar-refractivity contribution is 7.89. The Balaban J connectivity index is 0.000000139. The number of alkyl halides is 3. The maximum Gasteiger partial charge on any atom is 0.573 e. The normalized spacial score (nSPS) is 13.6. The summed E-state index contributed by atoms with van der Waals surface area (Å²) in [7, 11) is -2.28. The van der Waals surface area contributed by atoms with E-state index in [9.17, 15) is 40.8 Å². The average Bonchev–Trinajstić information content (AvgIpc) is 1.63. The molecular formula is C99H94F3N13O12S. The van der Waals surface area contributed by atoms with Crippen LogP contribution in [0.3, 0.4) is 0 Å². The number of likely N-dealkylation sites (tertiary alicyclic amines) is 1. The number of ether oxygens (including phenoxy) is 6. The number of hydrogen-bond donors (Lipinski definition) is 8. The number of para-hydroxylation sites is 1. The summed E-state index contributed by atoms with van der Waals surface area (Å²) >= 11 is 0. The fraction of sp³-hybridized carbons (Fsp3) is 0.152. The number of hydrogen-bond acceptors (Lipinski definition) is 16. The van der Waals surface area contributed by atoms with Gasteiger partial charge in [-0.15, -0.1) is 13.2 Å². The largest absolute Gasteiger partial charge is 0.573 e. The van der Waals surface area contributed by atoms with Gasteiger partial charge in [0.15, 0.2) is 0 Å². The zero-order valence-electron chi connectivity index (χ0n) is 71.1. The first-order valence-corrected chi connectivity index (χ1v) is 42.5. The van der Waals surface area contributed by atoms with Crippen LogP contribution in [0.15, 0.2) is 303 Å². The summed E-state index contributed by atoms with van der Waals surface area (Å²) in [6, 6.07) is 65.3. The summed E-state index contributed by atoms with van der Waals surface area (Å²) < 4.78 is 92.8. The molecule has 0 spiro atoms. The summed E-state index contributed by atoms with van der Waals surface area (Å²) in [6.07, 6.45) is 12.9. The molecule has 4 aromatic heterocycles. The van der Waals surface area contributed by atoms with Gasteiger partial charge in [0.05, 0.1) is 30.3 Å². The molecule has 12 aromatic rings. The number of anilines is 11. The molecule has 4 amide bonds. The van der Waals surface area contributed by atoms with Crippen molar-refractivity contribution in [3.8, 4) is 40.2 Å². The van der Waals surface area contributed by atoms with Crippen molar-refractivity contribution in [2.24, 2.45) is 5.14 Å². The summed E-state index contributed by atoms with van der Waals surface area (Å²) in [5.41, 5.74) is 12.9. The van der Waals surface area contributed by atoms with E-state index in [0.29, 0.717) is 85.7 Å². The number of benzene rings is 8. The van der Waals surface area contributed by atoms with Crippen molar-refractivity contribution >= 4 is 121 Å². The number of allylic oxidation sites excluding steroid dienone is 4. The number of H-pyrrole nitrogens is 4. The lowest BCUT2D eigenvalue weighted by Gasteiger charge is -2.27. The number of aromatic nitrogens is 4. The molecule has 29 heteroatoms. The Kier molecular flexibility index (Phi) is 26.8. The van der Waals surface area contributed by atoms with E-state index in [1.54, 1.807) is 72.7 Å². The van der Waals surface area contributed by atoms with E-state index in [1.807, 2.05) is 231 Å². The van der Waals surface area contributed by atoms with Crippen LogP contribution in [0.4, 0.5) is 76.3 Å². The number of nitrogens with two attached hydrogens (primary N) is 1. The third-order valence-electron chi connectivity index (χ3n) is 20.1. The van der Waals surface area contributed by atoms with E-state index in [4.69, 9.17) is 28.8 Å². The molecular weight excluding hydrogens is 1650 g/mol. The van der Waals surface area contributed by atoms with E-state index in [2.05, 4.69) is 66.9 Å². The fourth-order valence-corrected chi connectivity index (χ4v) is 15.0. The first kappa shape index (κ1) is 88.7. The van der Waals surface area contributed by atoms with Crippen molar-refractivity contribution in [2.75, 3.05) is 55.7 Å². The molecule has 654 valence electrons. The van der Waals surface area contributed by atoms with Crippen LogP contribution in [0.1, 0.15) is 119 Å². The van der Waals surface area contributed by atoms with Gasteiger partial charge in [-0.3, -0.25) is 38.8 Å². The standard InChI is InChI=1S/C28H20F3N3O3.C25H25N3O3.C24H24N4O4S.C22H25N3O2/c1-18-10-11-19-16-25(33-26(19)34(18)21-12-14-23(15-13-21)37-28(29,30)31)27(35)32-20-6-5-9-24(17-20)36-22-7-3-2-4-8-22;1-16(2)31-21-12-10-20(11-13-21)28-17(3)8-9-18-14-23(27-24(18)28)25(29)26-19-6-5-7-22(15-19)30-4;1-15(2)32-20-11-9-19(10-12-20)28-16(3)7-8-17-13-22(27-23(17)28)24(29)26-18-5-4-6-21(14-18)33(25,30)31;1-15(2)27-19-10-8-18(9-11-19)25-16(3)6-7-17-14-20(23-21(17)25)22(26)24-12-4-5-13-24/h2-17,33H,1H2,(H,32,35);5-16,27H,3H2,1-2,4H3,(H,26,29);4-15,27H,3H2,1-2H3,(H,26,29)(H2,25,30,31);6-11,14-15,23H,3-5,12-13H2,1-2H3. The SMILES string of the molecule is C=C1C=Cc2cc(C(=O)N3CCCC3)[nH]c2N1c1ccc(OC(C)C)cc1.C=C1C=Cc2cc(C(=O)Nc3cccc(OC)c3)[nH]c2N1c1ccc(OC(C)C)cc1.C=C1C=Cc2cc(C(=O)Nc3cccc(Oc4ccccc4)c3)[nH]c2N1c1ccc(OC(F)(F)F)cc1.C=C1C=Cc2cc(C(=O)Nc3cccc(S(N)(=O)=O)c3)[nH]c2N1c1ccc(OC(C)C)cc1. The Morgan fingerprint density at radius 2 is 0.711 bits per heavy atom. The summed E-state index contributed by atoms with van der Waals surface area (Å²) in [5, 5.41) is 13.6. The monoisotopic (exact) mass is 1750 g/mol. The highest BCUT2D eigenvalue weighted by Gasteiger charge is 2.33. The Morgan fingerprint density at radius 1 is 0.391 bits per heavy atom. The van der Waals surface area contributed by atoms with Gasteiger partial charge >= 0.3 is 6.36 Å². The molecule has 128 heavy (non-hydrogen) atoms. The van der Waals surface area contributed by atoms with Crippen LogP contribution in [0, 0.1) is 0 Å². The quantitative estimate of drug-likeness (QED) is 0.0313. The molecule has 17 rings (SSSR count). The summed E-state index contributed by atoms with van der Waals surface area (Å²) in [5.74, 6) is 5.96. The van der Waals surface area contributed by atoms with E-state index in [-0.39, 0.29) is 46.7 Å². The Morgan fingerprint density at radius 3 is 1.06 bits per heavy atom. The number of carbonyl (C=O) groups is 4. The van der Waals surface area contributed by atoms with Crippen LogP contribution in [0.5, 0.6) is 40.2 Å². The van der Waals surface area contributed by atoms with Gasteiger partial charge < -0.3 is 69.2 Å². The van der Waals surface area contributed by atoms with Gasteiger partial charge in [0.25, 0.3) is 23.6 Å². The van der Waals surface area contributed by atoms with Gasteiger partial charge in [-0.05, 0) is 279 Å². The maximum atomic E-state index is 13.0. The van der Waals surface area contributed by atoms with E-state index < -0.39 is 22.3 Å². The van der Waals surface area contributed by atoms with Crippen molar-refractivity contribution in [2.45, 2.75) is 84.0 Å². The Labute approximate surface area is 739 Å². The summed E-state index contributed by atoms with van der Waals surface area (Å²) in [6.45, 7) is 30.1. The van der Waals surface area contributed by atoms with Crippen molar-refractivity contribution < 1.29 is 69.2 Å². The molecule has 1 fully saturated rings. The minimum Gasteiger partial charge on any atom is -0.497 e. The number of nitrogens with one attached hydrogen (secondary N) is 7. The van der Waals surface area contributed by atoms with Gasteiger partial charge in [0.1, 0.15) is 86.3 Å². The molecule has 25 nitrogen and oxygen atoms in total. The molecule has 0 atom stereocenters. The number of nitrogens with zero attached hydrogens (tertiary/aromatic N) is 5. The Hall–Kier alpha value is -15.6.